The molecule has 5 nitrogen and oxygen atoms in total. The Morgan fingerprint density at radius 3 is 2.83 bits per heavy atom. The van der Waals surface area contributed by atoms with Gasteiger partial charge in [0.15, 0.2) is 11.5 Å². The smallest absolute Gasteiger partial charge is 0.203 e. The van der Waals surface area contributed by atoms with Crippen LogP contribution in [0.25, 0.3) is 0 Å². The normalized spacial score (nSPS) is 11.2. The monoisotopic (exact) mass is 397 g/mol. The van der Waals surface area contributed by atoms with Crippen molar-refractivity contribution in [3.8, 4) is 11.5 Å². The van der Waals surface area contributed by atoms with Crippen molar-refractivity contribution < 1.29 is 9.47 Å². The molecule has 0 radical (unpaired) electrons. The van der Waals surface area contributed by atoms with E-state index < -0.39 is 0 Å². The van der Waals surface area contributed by atoms with Crippen molar-refractivity contribution in [2.75, 3.05) is 19.1 Å². The summed E-state index contributed by atoms with van der Waals surface area (Å²) in [5, 5.41) is 6.94. The van der Waals surface area contributed by atoms with Crippen molar-refractivity contribution in [2.24, 2.45) is 11.0 Å². The number of hydrogen-bond acceptors (Lipinski definition) is 6. The molecule has 2 aromatic rings. The van der Waals surface area contributed by atoms with E-state index in [1.54, 1.807) is 13.3 Å². The molecule has 0 aliphatic carbocycles. The number of anilines is 1. The average Bonchev–Trinajstić information content (AvgIpc) is 2.91. The fourth-order valence-electron chi connectivity index (χ4n) is 1.77. The largest absolute Gasteiger partial charge is 0.493 e. The van der Waals surface area contributed by atoms with Crippen LogP contribution in [0.5, 0.6) is 11.5 Å². The molecule has 0 bridgehead atoms. The van der Waals surface area contributed by atoms with Crippen LogP contribution >= 0.6 is 27.3 Å². The van der Waals surface area contributed by atoms with Gasteiger partial charge < -0.3 is 9.47 Å². The van der Waals surface area contributed by atoms with Crippen molar-refractivity contribution in [1.29, 1.82) is 0 Å². The number of aromatic nitrogens is 1. The number of thiazole rings is 1. The SMILES string of the molecule is COc1cc(C=NNc2nc(C)cs2)cc(Br)c1OCC(C)C. The molecule has 0 unspecified atom stereocenters. The highest BCUT2D eigenvalue weighted by atomic mass is 79.9. The van der Waals surface area contributed by atoms with E-state index in [0.29, 0.717) is 24.0 Å². The fraction of sp³-hybridized carbons (Fsp3) is 0.375. The fourth-order valence-corrected chi connectivity index (χ4v) is 2.98. The number of hydrogen-bond donors (Lipinski definition) is 1. The summed E-state index contributed by atoms with van der Waals surface area (Å²) in [5.41, 5.74) is 4.79. The number of nitrogens with zero attached hydrogens (tertiary/aromatic N) is 2. The van der Waals surface area contributed by atoms with E-state index in [9.17, 15) is 0 Å². The van der Waals surface area contributed by atoms with E-state index in [4.69, 9.17) is 9.47 Å². The molecule has 0 saturated heterocycles. The van der Waals surface area contributed by atoms with Gasteiger partial charge >= 0.3 is 0 Å². The average molecular weight is 398 g/mol. The lowest BCUT2D eigenvalue weighted by atomic mass is 10.2. The molecule has 1 aromatic carbocycles. The zero-order valence-electron chi connectivity index (χ0n) is 13.6. The summed E-state index contributed by atoms with van der Waals surface area (Å²) in [6, 6.07) is 3.83. The Bertz CT molecular complexity index is 686. The zero-order chi connectivity index (χ0) is 16.8. The first-order chi connectivity index (χ1) is 11.0. The van der Waals surface area contributed by atoms with Gasteiger partial charge in [-0.2, -0.15) is 5.10 Å². The Labute approximate surface area is 148 Å². The van der Waals surface area contributed by atoms with Crippen LogP contribution in [0.2, 0.25) is 0 Å². The Kier molecular flexibility index (Phi) is 6.41. The molecular weight excluding hydrogens is 378 g/mol. The Morgan fingerprint density at radius 2 is 2.22 bits per heavy atom. The molecule has 0 aliphatic rings. The van der Waals surface area contributed by atoms with Gasteiger partial charge in [0.1, 0.15) is 0 Å². The molecule has 1 aromatic heterocycles. The van der Waals surface area contributed by atoms with Gasteiger partial charge in [0.05, 0.1) is 30.1 Å². The minimum absolute atomic E-state index is 0.443. The van der Waals surface area contributed by atoms with Gasteiger partial charge in [-0.25, -0.2) is 4.98 Å². The van der Waals surface area contributed by atoms with Crippen LogP contribution in [0.15, 0.2) is 27.1 Å². The summed E-state index contributed by atoms with van der Waals surface area (Å²) >= 11 is 5.05. The maximum Gasteiger partial charge on any atom is 0.203 e. The first-order valence-corrected chi connectivity index (χ1v) is 8.88. The summed E-state index contributed by atoms with van der Waals surface area (Å²) in [4.78, 5) is 4.29. The number of hydrazone groups is 1. The Balaban J connectivity index is 2.11. The van der Waals surface area contributed by atoms with Crippen molar-refractivity contribution >= 4 is 38.6 Å². The molecule has 2 rings (SSSR count). The number of methoxy groups -OCH3 is 1. The molecule has 0 fully saturated rings. The summed E-state index contributed by atoms with van der Waals surface area (Å²) in [6.45, 7) is 6.79. The lowest BCUT2D eigenvalue weighted by Gasteiger charge is -2.14. The molecule has 0 saturated carbocycles. The number of rotatable bonds is 7. The standard InChI is InChI=1S/C16H20BrN3O2S/c1-10(2)8-22-15-13(17)5-12(6-14(15)21-4)7-18-20-16-19-11(3)9-23-16/h5-7,9-10H,8H2,1-4H3,(H,19,20). The van der Waals surface area contributed by atoms with E-state index in [2.05, 4.69) is 45.3 Å². The van der Waals surface area contributed by atoms with Crippen LogP contribution in [0.1, 0.15) is 25.1 Å². The number of nitrogens with one attached hydrogen (secondary N) is 1. The second-order valence-corrected chi connectivity index (χ2v) is 7.12. The molecule has 1 heterocycles. The van der Waals surface area contributed by atoms with Gasteiger partial charge in [-0.15, -0.1) is 11.3 Å². The van der Waals surface area contributed by atoms with Gasteiger partial charge in [-0.1, -0.05) is 13.8 Å². The number of benzene rings is 1. The van der Waals surface area contributed by atoms with Crippen LogP contribution in [0, 0.1) is 12.8 Å². The van der Waals surface area contributed by atoms with Crippen molar-refractivity contribution in [3.05, 3.63) is 33.2 Å². The predicted octanol–water partition coefficient (Wildman–Crippen LogP) is 4.70. The molecule has 7 heteroatoms. The minimum atomic E-state index is 0.443. The van der Waals surface area contributed by atoms with E-state index >= 15 is 0 Å². The highest BCUT2D eigenvalue weighted by Gasteiger charge is 2.11. The Hall–Kier alpha value is -1.60. The minimum Gasteiger partial charge on any atom is -0.493 e. The van der Waals surface area contributed by atoms with Gasteiger partial charge in [0.25, 0.3) is 0 Å². The van der Waals surface area contributed by atoms with Crippen LogP contribution < -0.4 is 14.9 Å². The van der Waals surface area contributed by atoms with Crippen molar-refractivity contribution in [3.63, 3.8) is 0 Å². The first-order valence-electron chi connectivity index (χ1n) is 7.21. The van der Waals surface area contributed by atoms with Crippen LogP contribution in [-0.2, 0) is 0 Å². The molecule has 1 N–H and O–H groups in total. The van der Waals surface area contributed by atoms with Gasteiger partial charge in [-0.05, 0) is 46.5 Å². The zero-order valence-corrected chi connectivity index (χ0v) is 16.0. The maximum atomic E-state index is 5.81. The second kappa shape index (κ2) is 8.31. The topological polar surface area (TPSA) is 55.7 Å². The summed E-state index contributed by atoms with van der Waals surface area (Å²) in [7, 11) is 1.63. The summed E-state index contributed by atoms with van der Waals surface area (Å²) in [6.07, 6.45) is 1.72. The lowest BCUT2D eigenvalue weighted by Crippen LogP contribution is -2.06. The molecule has 124 valence electrons. The van der Waals surface area contributed by atoms with Crippen LogP contribution in [0.4, 0.5) is 5.13 Å². The first kappa shape index (κ1) is 17.7. The van der Waals surface area contributed by atoms with Crippen LogP contribution in [-0.4, -0.2) is 24.9 Å². The summed E-state index contributed by atoms with van der Waals surface area (Å²) in [5.74, 6) is 1.83. The summed E-state index contributed by atoms with van der Waals surface area (Å²) < 4.78 is 12.1. The molecule has 0 atom stereocenters. The van der Waals surface area contributed by atoms with Crippen LogP contribution in [0.3, 0.4) is 0 Å². The second-order valence-electron chi connectivity index (χ2n) is 5.40. The highest BCUT2D eigenvalue weighted by Crippen LogP contribution is 2.36. The van der Waals surface area contributed by atoms with Crippen molar-refractivity contribution in [2.45, 2.75) is 20.8 Å². The molecule has 0 spiro atoms. The van der Waals surface area contributed by atoms with Gasteiger partial charge in [0.2, 0.25) is 5.13 Å². The third-order valence-electron chi connectivity index (χ3n) is 2.81. The van der Waals surface area contributed by atoms with E-state index in [1.807, 2.05) is 24.4 Å². The maximum absolute atomic E-state index is 5.81. The molecule has 0 aliphatic heterocycles. The third kappa shape index (κ3) is 5.21. The quantitative estimate of drug-likeness (QED) is 0.543. The number of halogens is 1. The van der Waals surface area contributed by atoms with E-state index in [0.717, 1.165) is 20.9 Å². The van der Waals surface area contributed by atoms with Gasteiger partial charge in [0, 0.05) is 5.38 Å². The molecule has 0 amide bonds. The predicted molar refractivity (Wildman–Crippen MR) is 99.1 cm³/mol. The Morgan fingerprint density at radius 1 is 1.43 bits per heavy atom. The lowest BCUT2D eigenvalue weighted by molar-refractivity contribution is 0.255. The highest BCUT2D eigenvalue weighted by molar-refractivity contribution is 9.10. The van der Waals surface area contributed by atoms with Crippen molar-refractivity contribution in [1.82, 2.24) is 4.98 Å². The number of aryl methyl sites for hydroxylation is 1. The van der Waals surface area contributed by atoms with Gasteiger partial charge in [-0.3, -0.25) is 5.43 Å². The third-order valence-corrected chi connectivity index (χ3v) is 4.26. The molecule has 23 heavy (non-hydrogen) atoms. The van der Waals surface area contributed by atoms with E-state index in [-0.39, 0.29) is 0 Å². The van der Waals surface area contributed by atoms with E-state index in [1.165, 1.54) is 11.3 Å². The molecular formula is C16H20BrN3O2S. The number of ether oxygens (including phenoxy) is 2.